The molecule has 0 spiro atoms. The second-order valence-corrected chi connectivity index (χ2v) is 11.9. The Balaban J connectivity index is 0.000000184. The topological polar surface area (TPSA) is 142 Å². The molecular formula is C29H36Cl2N8O. The number of piperidine rings is 2. The molecule has 9 nitrogen and oxygen atoms in total. The van der Waals surface area contributed by atoms with E-state index < -0.39 is 0 Å². The first-order valence-corrected chi connectivity index (χ1v) is 14.4. The number of nitrogens with one attached hydrogen (secondary N) is 3. The number of nitrogens with zero attached hydrogens (tertiary/aromatic N) is 3. The summed E-state index contributed by atoms with van der Waals surface area (Å²) in [5.74, 6) is 0.747. The van der Waals surface area contributed by atoms with Gasteiger partial charge in [-0.2, -0.15) is 0 Å². The first kappa shape index (κ1) is 28.6. The van der Waals surface area contributed by atoms with Crippen LogP contribution in [0.15, 0.2) is 59.7 Å². The van der Waals surface area contributed by atoms with Crippen LogP contribution in [0.2, 0.25) is 10.0 Å². The summed E-state index contributed by atoms with van der Waals surface area (Å²) in [6.45, 7) is 3.63. The van der Waals surface area contributed by atoms with Crippen LogP contribution in [0.5, 0.6) is 0 Å². The predicted molar refractivity (Wildman–Crippen MR) is 162 cm³/mol. The molecule has 2 aromatic heterocycles. The maximum atomic E-state index is 11.5. The van der Waals surface area contributed by atoms with Crippen molar-refractivity contribution in [2.75, 3.05) is 31.1 Å². The highest BCUT2D eigenvalue weighted by Crippen LogP contribution is 2.29. The highest BCUT2D eigenvalue weighted by Gasteiger charge is 2.32. The van der Waals surface area contributed by atoms with Gasteiger partial charge in [0.1, 0.15) is 11.8 Å². The summed E-state index contributed by atoms with van der Waals surface area (Å²) in [4.78, 5) is 27.6. The normalized spacial score (nSPS) is 18.2. The van der Waals surface area contributed by atoms with E-state index in [0.29, 0.717) is 11.2 Å². The Morgan fingerprint density at radius 1 is 0.775 bits per heavy atom. The van der Waals surface area contributed by atoms with Gasteiger partial charge in [-0.05, 0) is 87.0 Å². The molecule has 0 aliphatic carbocycles. The SMILES string of the molecule is NC1(Cc2ccc(Cl)cc2)CCN(c2ncnc3[nH]c(=O)[nH]c23)CC1.NC1(Cc2ccc(Cl)cc2)CCNCC1. The second kappa shape index (κ2) is 12.3. The lowest BCUT2D eigenvalue weighted by molar-refractivity contribution is 0.308. The average molecular weight is 584 g/mol. The standard InChI is InChI=1S/C17H19ClN6O.C12H17ClN2/c18-12-3-1-11(2-4-12)9-17(19)5-7-24(8-6-17)15-13-14(20-10-21-15)23-16(25)22-13;13-11-3-1-10(2-4-11)9-12(14)5-7-15-8-6-12/h1-4,10H,5-9,19H2,(H2,20,21,22,23,25);1-4,15H,5-9,14H2. The van der Waals surface area contributed by atoms with Crippen molar-refractivity contribution in [2.24, 2.45) is 11.5 Å². The lowest BCUT2D eigenvalue weighted by Crippen LogP contribution is -2.52. The molecule has 212 valence electrons. The minimum absolute atomic E-state index is 0.0287. The minimum atomic E-state index is -0.273. The summed E-state index contributed by atoms with van der Waals surface area (Å²) < 4.78 is 0. The predicted octanol–water partition coefficient (Wildman–Crippen LogP) is 3.80. The fourth-order valence-corrected chi connectivity index (χ4v) is 5.79. The average Bonchev–Trinajstić information content (AvgIpc) is 3.33. The Hall–Kier alpha value is -2.95. The molecule has 6 rings (SSSR count). The van der Waals surface area contributed by atoms with E-state index >= 15 is 0 Å². The molecule has 2 saturated heterocycles. The van der Waals surface area contributed by atoms with Gasteiger partial charge in [0.05, 0.1) is 0 Å². The highest BCUT2D eigenvalue weighted by atomic mass is 35.5. The van der Waals surface area contributed by atoms with Crippen molar-refractivity contribution in [3.63, 3.8) is 0 Å². The number of H-pyrrole nitrogens is 2. The van der Waals surface area contributed by atoms with E-state index in [1.165, 1.54) is 17.5 Å². The van der Waals surface area contributed by atoms with Crippen LogP contribution in [0.4, 0.5) is 5.82 Å². The number of fused-ring (bicyclic) bond motifs is 1. The Morgan fingerprint density at radius 3 is 1.85 bits per heavy atom. The minimum Gasteiger partial charge on any atom is -0.355 e. The summed E-state index contributed by atoms with van der Waals surface area (Å²) in [7, 11) is 0. The van der Waals surface area contributed by atoms with Gasteiger partial charge < -0.3 is 26.7 Å². The molecule has 0 bridgehead atoms. The summed E-state index contributed by atoms with van der Waals surface area (Å²) in [6, 6.07) is 15.9. The van der Waals surface area contributed by atoms with Gasteiger partial charge in [0.15, 0.2) is 11.5 Å². The van der Waals surface area contributed by atoms with Gasteiger partial charge in [-0.25, -0.2) is 14.8 Å². The second-order valence-electron chi connectivity index (χ2n) is 11.1. The maximum absolute atomic E-state index is 11.5. The zero-order valence-electron chi connectivity index (χ0n) is 22.4. The van der Waals surface area contributed by atoms with Crippen LogP contribution in [0.1, 0.15) is 36.8 Å². The number of aromatic amines is 2. The van der Waals surface area contributed by atoms with Gasteiger partial charge in [0.2, 0.25) is 0 Å². The molecule has 7 N–H and O–H groups in total. The lowest BCUT2D eigenvalue weighted by Gasteiger charge is -2.40. The molecule has 2 aromatic carbocycles. The Bertz CT molecular complexity index is 1450. The quantitative estimate of drug-likeness (QED) is 0.241. The van der Waals surface area contributed by atoms with Crippen molar-refractivity contribution in [3.8, 4) is 0 Å². The van der Waals surface area contributed by atoms with Crippen LogP contribution in [-0.2, 0) is 12.8 Å². The number of halogens is 2. The summed E-state index contributed by atoms with van der Waals surface area (Å²) in [6.07, 6.45) is 7.03. The number of hydrogen-bond acceptors (Lipinski definition) is 7. The zero-order valence-corrected chi connectivity index (χ0v) is 23.9. The number of nitrogens with two attached hydrogens (primary N) is 2. The van der Waals surface area contributed by atoms with E-state index in [-0.39, 0.29) is 16.8 Å². The van der Waals surface area contributed by atoms with Gasteiger partial charge in [-0.1, -0.05) is 47.5 Å². The van der Waals surface area contributed by atoms with Gasteiger partial charge in [-0.15, -0.1) is 0 Å². The molecule has 4 heterocycles. The molecule has 2 aliphatic heterocycles. The van der Waals surface area contributed by atoms with Crippen LogP contribution >= 0.6 is 23.2 Å². The molecule has 2 fully saturated rings. The lowest BCUT2D eigenvalue weighted by atomic mass is 9.83. The van der Waals surface area contributed by atoms with Crippen molar-refractivity contribution in [1.82, 2.24) is 25.3 Å². The Kier molecular flexibility index (Phi) is 8.77. The van der Waals surface area contributed by atoms with Gasteiger partial charge in [-0.3, -0.25) is 4.98 Å². The Labute approximate surface area is 243 Å². The number of benzene rings is 2. The van der Waals surface area contributed by atoms with Gasteiger partial charge in [0.25, 0.3) is 0 Å². The number of anilines is 1. The third-order valence-electron chi connectivity index (χ3n) is 7.89. The third kappa shape index (κ3) is 7.21. The molecule has 4 aromatic rings. The van der Waals surface area contributed by atoms with Crippen LogP contribution in [0.25, 0.3) is 11.2 Å². The fourth-order valence-electron chi connectivity index (χ4n) is 5.54. The number of aromatic nitrogens is 4. The molecule has 0 saturated carbocycles. The molecule has 0 unspecified atom stereocenters. The monoisotopic (exact) mass is 582 g/mol. The van der Waals surface area contributed by atoms with E-state index in [9.17, 15) is 4.79 Å². The smallest absolute Gasteiger partial charge is 0.325 e. The summed E-state index contributed by atoms with van der Waals surface area (Å²) >= 11 is 11.8. The van der Waals surface area contributed by atoms with E-state index in [0.717, 1.165) is 80.6 Å². The Morgan fingerprint density at radius 2 is 1.30 bits per heavy atom. The van der Waals surface area contributed by atoms with Gasteiger partial charge in [0, 0.05) is 34.2 Å². The highest BCUT2D eigenvalue weighted by molar-refractivity contribution is 6.30. The van der Waals surface area contributed by atoms with E-state index in [1.807, 2.05) is 36.4 Å². The van der Waals surface area contributed by atoms with Crippen molar-refractivity contribution >= 4 is 40.2 Å². The molecule has 0 amide bonds. The largest absolute Gasteiger partial charge is 0.355 e. The van der Waals surface area contributed by atoms with Gasteiger partial charge >= 0.3 is 5.69 Å². The molecule has 11 heteroatoms. The van der Waals surface area contributed by atoms with Crippen LogP contribution in [-0.4, -0.2) is 57.2 Å². The fraction of sp³-hybridized carbons (Fsp3) is 0.414. The van der Waals surface area contributed by atoms with Crippen LogP contribution in [0, 0.1) is 0 Å². The molecule has 40 heavy (non-hydrogen) atoms. The summed E-state index contributed by atoms with van der Waals surface area (Å²) in [5.41, 5.74) is 16.1. The van der Waals surface area contributed by atoms with Crippen molar-refractivity contribution in [2.45, 2.75) is 49.6 Å². The van der Waals surface area contributed by atoms with Crippen molar-refractivity contribution < 1.29 is 0 Å². The number of hydrogen-bond donors (Lipinski definition) is 5. The number of imidazole rings is 1. The zero-order chi connectivity index (χ0) is 28.2. The number of rotatable bonds is 5. The first-order chi connectivity index (χ1) is 19.2. The molecule has 2 aliphatic rings. The van der Waals surface area contributed by atoms with Crippen molar-refractivity contribution in [3.05, 3.63) is 86.5 Å². The maximum Gasteiger partial charge on any atom is 0.325 e. The van der Waals surface area contributed by atoms with E-state index in [4.69, 9.17) is 34.7 Å². The van der Waals surface area contributed by atoms with E-state index in [1.54, 1.807) is 0 Å². The van der Waals surface area contributed by atoms with E-state index in [2.05, 4.69) is 42.3 Å². The van der Waals surface area contributed by atoms with Crippen LogP contribution < -0.4 is 27.4 Å². The first-order valence-electron chi connectivity index (χ1n) is 13.7. The molecular weight excluding hydrogens is 547 g/mol. The summed E-state index contributed by atoms with van der Waals surface area (Å²) in [5, 5.41) is 4.86. The molecule has 0 radical (unpaired) electrons. The third-order valence-corrected chi connectivity index (χ3v) is 8.40. The molecule has 0 atom stereocenters. The van der Waals surface area contributed by atoms with Crippen LogP contribution in [0.3, 0.4) is 0 Å². The van der Waals surface area contributed by atoms with Crippen molar-refractivity contribution in [1.29, 1.82) is 0 Å².